The Hall–Kier alpha value is -3.26. The van der Waals surface area contributed by atoms with Crippen molar-refractivity contribution in [2.75, 3.05) is 33.3 Å². The summed E-state index contributed by atoms with van der Waals surface area (Å²) in [6.45, 7) is 2.85. The molecule has 0 atom stereocenters. The molecule has 0 N–H and O–H groups in total. The molecule has 2 heterocycles. The molecule has 1 aromatic heterocycles. The molecule has 0 spiro atoms. The molecule has 0 unspecified atom stereocenters. The van der Waals surface area contributed by atoms with Crippen LogP contribution >= 0.6 is 0 Å². The Morgan fingerprint density at radius 2 is 1.83 bits per heavy atom. The van der Waals surface area contributed by atoms with Gasteiger partial charge in [0.25, 0.3) is 5.91 Å². The molecular weight excluding hydrogens is 375 g/mol. The first-order valence-corrected chi connectivity index (χ1v) is 9.37. The average molecular weight is 396 g/mol. The molecule has 0 aliphatic carbocycles. The third kappa shape index (κ3) is 4.27. The highest BCUT2D eigenvalue weighted by Crippen LogP contribution is 2.20. The molecule has 2 aromatic carbocycles. The summed E-state index contributed by atoms with van der Waals surface area (Å²) >= 11 is 0. The fourth-order valence-corrected chi connectivity index (χ4v) is 3.28. The highest BCUT2D eigenvalue weighted by molar-refractivity contribution is 5.94. The largest absolute Gasteiger partial charge is 0.497 e. The summed E-state index contributed by atoms with van der Waals surface area (Å²) in [5.74, 6) is 1.04. The number of benzene rings is 2. The second-order valence-electron chi connectivity index (χ2n) is 6.79. The molecule has 0 bridgehead atoms. The van der Waals surface area contributed by atoms with Crippen LogP contribution in [0.1, 0.15) is 16.2 Å². The fraction of sp³-hybridized carbons (Fsp3) is 0.286. The van der Waals surface area contributed by atoms with Gasteiger partial charge in [-0.25, -0.2) is 4.39 Å². The first-order chi connectivity index (χ1) is 14.1. The first kappa shape index (κ1) is 19.1. The van der Waals surface area contributed by atoms with Gasteiger partial charge in [0.05, 0.1) is 19.2 Å². The average Bonchev–Trinajstić information content (AvgIpc) is 3.23. The zero-order chi connectivity index (χ0) is 20.2. The number of aromatic nitrogens is 2. The van der Waals surface area contributed by atoms with Crippen LogP contribution in [0, 0.1) is 5.82 Å². The van der Waals surface area contributed by atoms with Crippen molar-refractivity contribution in [3.05, 3.63) is 65.8 Å². The Bertz CT molecular complexity index is 982. The highest BCUT2D eigenvalue weighted by atomic mass is 19.1. The number of hydrogen-bond donors (Lipinski definition) is 0. The number of hydrogen-bond acceptors (Lipinski definition) is 6. The maximum atomic E-state index is 13.9. The van der Waals surface area contributed by atoms with Crippen molar-refractivity contribution in [2.45, 2.75) is 6.54 Å². The van der Waals surface area contributed by atoms with E-state index in [0.29, 0.717) is 44.4 Å². The third-order valence-corrected chi connectivity index (χ3v) is 4.94. The van der Waals surface area contributed by atoms with Crippen molar-refractivity contribution in [3.63, 3.8) is 0 Å². The second-order valence-corrected chi connectivity index (χ2v) is 6.79. The molecular formula is C21H21FN4O3. The zero-order valence-electron chi connectivity index (χ0n) is 16.0. The Kier molecular flexibility index (Phi) is 5.53. The topological polar surface area (TPSA) is 71.7 Å². The Morgan fingerprint density at radius 3 is 2.52 bits per heavy atom. The van der Waals surface area contributed by atoms with Crippen LogP contribution in [0.3, 0.4) is 0 Å². The Balaban J connectivity index is 1.33. The minimum absolute atomic E-state index is 0.113. The van der Waals surface area contributed by atoms with Gasteiger partial charge in [-0.3, -0.25) is 9.69 Å². The number of nitrogens with zero attached hydrogens (tertiary/aromatic N) is 4. The van der Waals surface area contributed by atoms with E-state index in [1.807, 2.05) is 24.3 Å². The molecule has 150 valence electrons. The highest BCUT2D eigenvalue weighted by Gasteiger charge is 2.25. The molecule has 1 aliphatic rings. The molecule has 1 fully saturated rings. The van der Waals surface area contributed by atoms with Crippen LogP contribution in [0.2, 0.25) is 0 Å². The van der Waals surface area contributed by atoms with Gasteiger partial charge in [-0.1, -0.05) is 17.3 Å². The second kappa shape index (κ2) is 8.40. The van der Waals surface area contributed by atoms with Gasteiger partial charge in [-0.15, -0.1) is 0 Å². The molecule has 3 aromatic rings. The maximum absolute atomic E-state index is 13.9. The van der Waals surface area contributed by atoms with E-state index >= 15 is 0 Å². The molecule has 1 saturated heterocycles. The predicted molar refractivity (Wildman–Crippen MR) is 104 cm³/mol. The van der Waals surface area contributed by atoms with Crippen molar-refractivity contribution < 1.29 is 18.4 Å². The minimum atomic E-state index is -0.489. The van der Waals surface area contributed by atoms with Crippen molar-refractivity contribution >= 4 is 5.91 Å². The maximum Gasteiger partial charge on any atom is 0.256 e. The van der Waals surface area contributed by atoms with Gasteiger partial charge >= 0.3 is 0 Å². The molecule has 0 saturated carbocycles. The molecule has 0 radical (unpaired) electrons. The van der Waals surface area contributed by atoms with Crippen LogP contribution in [0.4, 0.5) is 4.39 Å². The summed E-state index contributed by atoms with van der Waals surface area (Å²) in [6.07, 6.45) is 0. The number of carbonyl (C=O) groups excluding carboxylic acids is 1. The number of amides is 1. The minimum Gasteiger partial charge on any atom is -0.497 e. The number of piperazine rings is 1. The normalized spacial score (nSPS) is 14.8. The van der Waals surface area contributed by atoms with E-state index in [0.717, 1.165) is 11.3 Å². The predicted octanol–water partition coefficient (Wildman–Crippen LogP) is 2.84. The SMILES string of the molecule is COc1ccc(-c2noc(CN3CCN(C(=O)c4ccccc4F)CC3)n2)cc1. The number of ether oxygens (including phenoxy) is 1. The van der Waals surface area contributed by atoms with Gasteiger partial charge < -0.3 is 14.2 Å². The van der Waals surface area contributed by atoms with E-state index in [9.17, 15) is 9.18 Å². The zero-order valence-corrected chi connectivity index (χ0v) is 16.0. The van der Waals surface area contributed by atoms with E-state index in [1.165, 1.54) is 12.1 Å². The Labute approximate surface area is 167 Å². The van der Waals surface area contributed by atoms with E-state index in [2.05, 4.69) is 15.0 Å². The lowest BCUT2D eigenvalue weighted by Gasteiger charge is -2.34. The molecule has 7 nitrogen and oxygen atoms in total. The van der Waals surface area contributed by atoms with Crippen molar-refractivity contribution in [3.8, 4) is 17.1 Å². The number of methoxy groups -OCH3 is 1. The molecule has 1 amide bonds. The van der Waals surface area contributed by atoms with Crippen molar-refractivity contribution in [1.29, 1.82) is 0 Å². The third-order valence-electron chi connectivity index (χ3n) is 4.94. The molecule has 29 heavy (non-hydrogen) atoms. The number of halogens is 1. The van der Waals surface area contributed by atoms with Gasteiger partial charge in [-0.2, -0.15) is 4.98 Å². The van der Waals surface area contributed by atoms with Gasteiger partial charge in [0.15, 0.2) is 0 Å². The summed E-state index contributed by atoms with van der Waals surface area (Å²) in [5.41, 5.74) is 0.961. The van der Waals surface area contributed by atoms with Crippen LogP contribution in [-0.4, -0.2) is 59.1 Å². The summed E-state index contributed by atoms with van der Waals surface area (Å²) < 4.78 is 24.4. The first-order valence-electron chi connectivity index (χ1n) is 9.37. The summed E-state index contributed by atoms with van der Waals surface area (Å²) in [6, 6.07) is 13.5. The lowest BCUT2D eigenvalue weighted by atomic mass is 10.1. The van der Waals surface area contributed by atoms with Gasteiger partial charge in [0.1, 0.15) is 11.6 Å². The van der Waals surface area contributed by atoms with Crippen LogP contribution < -0.4 is 4.74 Å². The number of rotatable bonds is 5. The van der Waals surface area contributed by atoms with Gasteiger partial charge in [0, 0.05) is 31.7 Å². The van der Waals surface area contributed by atoms with Crippen molar-refractivity contribution in [2.24, 2.45) is 0 Å². The van der Waals surface area contributed by atoms with Crippen LogP contribution in [0.25, 0.3) is 11.4 Å². The fourth-order valence-electron chi connectivity index (χ4n) is 3.28. The molecule has 4 rings (SSSR count). The summed E-state index contributed by atoms with van der Waals surface area (Å²) in [7, 11) is 1.62. The molecule has 8 heteroatoms. The Morgan fingerprint density at radius 1 is 1.10 bits per heavy atom. The van der Waals surface area contributed by atoms with Crippen LogP contribution in [0.5, 0.6) is 5.75 Å². The van der Waals surface area contributed by atoms with E-state index in [1.54, 1.807) is 24.1 Å². The van der Waals surface area contributed by atoms with E-state index in [-0.39, 0.29) is 11.5 Å². The quantitative estimate of drug-likeness (QED) is 0.660. The smallest absolute Gasteiger partial charge is 0.256 e. The lowest BCUT2D eigenvalue weighted by molar-refractivity contribution is 0.0610. The summed E-state index contributed by atoms with van der Waals surface area (Å²) in [5, 5.41) is 4.04. The van der Waals surface area contributed by atoms with E-state index in [4.69, 9.17) is 9.26 Å². The van der Waals surface area contributed by atoms with Crippen LogP contribution in [-0.2, 0) is 6.54 Å². The summed E-state index contributed by atoms with van der Waals surface area (Å²) in [4.78, 5) is 20.8. The number of carbonyl (C=O) groups is 1. The lowest BCUT2D eigenvalue weighted by Crippen LogP contribution is -2.48. The monoisotopic (exact) mass is 396 g/mol. The van der Waals surface area contributed by atoms with Crippen molar-refractivity contribution in [1.82, 2.24) is 19.9 Å². The van der Waals surface area contributed by atoms with E-state index < -0.39 is 5.82 Å². The van der Waals surface area contributed by atoms with Gasteiger partial charge in [-0.05, 0) is 36.4 Å². The van der Waals surface area contributed by atoms with Gasteiger partial charge in [0.2, 0.25) is 11.7 Å². The standard InChI is InChI=1S/C21H21FN4O3/c1-28-16-8-6-15(7-9-16)20-23-19(29-24-20)14-25-10-12-26(13-11-25)21(27)17-4-2-3-5-18(17)22/h2-9H,10-14H2,1H3. The van der Waals surface area contributed by atoms with Crippen LogP contribution in [0.15, 0.2) is 53.1 Å². The molecule has 1 aliphatic heterocycles.